The van der Waals surface area contributed by atoms with Crippen LogP contribution in [0.3, 0.4) is 0 Å². The first-order valence-corrected chi connectivity index (χ1v) is 2.21. The molecule has 0 atom stereocenters. The Morgan fingerprint density at radius 2 is 1.09 bits per heavy atom. The number of rotatable bonds is 2. The fourth-order valence-corrected chi connectivity index (χ4v) is 0. The molecule has 0 aromatic rings. The Bertz CT molecular complexity index is 135. The smallest absolute Gasteiger partial charge is 0.545 e. The fourth-order valence-electron chi connectivity index (χ4n) is 0. The number of carboxylic acids is 2. The van der Waals surface area contributed by atoms with Crippen LogP contribution in [-0.2, 0) is 26.7 Å². The summed E-state index contributed by atoms with van der Waals surface area (Å²) in [6.45, 7) is 5.80. The van der Waals surface area contributed by atoms with Crippen LogP contribution in [0.1, 0.15) is 0 Å². The van der Waals surface area contributed by atoms with Crippen LogP contribution < -0.4 is 10.2 Å². The molecule has 0 bridgehead atoms. The molecule has 0 amide bonds. The first-order valence-electron chi connectivity index (χ1n) is 2.21. The van der Waals surface area contributed by atoms with E-state index < -0.39 is 11.9 Å². The Hall–Kier alpha value is -1.06. The van der Waals surface area contributed by atoms with E-state index in [1.165, 1.54) is 0 Å². The van der Waals surface area contributed by atoms with Crippen molar-refractivity contribution in [1.82, 2.24) is 0 Å². The summed E-state index contributed by atoms with van der Waals surface area (Å²) in [5, 5.41) is 18.3. The van der Waals surface area contributed by atoms with Crippen LogP contribution in [0.15, 0.2) is 25.3 Å². The van der Waals surface area contributed by atoms with Crippen molar-refractivity contribution >= 4 is 11.9 Å². The van der Waals surface area contributed by atoms with E-state index in [1.807, 2.05) is 0 Å². The molecule has 0 heterocycles. The van der Waals surface area contributed by atoms with E-state index in [2.05, 4.69) is 13.2 Å². The maximum atomic E-state index is 9.14. The van der Waals surface area contributed by atoms with Crippen molar-refractivity contribution in [2.45, 2.75) is 0 Å². The van der Waals surface area contributed by atoms with Gasteiger partial charge in [-0.05, 0) is 12.2 Å². The number of carbonyl (C=O) groups is 2. The second kappa shape index (κ2) is 11.7. The molecule has 0 N–H and O–H groups in total. The second-order valence-corrected chi connectivity index (χ2v) is 1.05. The van der Waals surface area contributed by atoms with Crippen molar-refractivity contribution in [3.63, 3.8) is 0 Å². The fraction of sp³-hybridized carbons (Fsp3) is 0. The number of hydrogen-bond acceptors (Lipinski definition) is 4. The van der Waals surface area contributed by atoms with Gasteiger partial charge < -0.3 is 19.8 Å². The van der Waals surface area contributed by atoms with Crippen molar-refractivity contribution in [3.8, 4) is 0 Å². The predicted molar refractivity (Wildman–Crippen MR) is 30.4 cm³/mol. The summed E-state index contributed by atoms with van der Waals surface area (Å²) in [7, 11) is 0. The summed E-state index contributed by atoms with van der Waals surface area (Å²) in [5.74, 6) is -2.46. The molecule has 0 saturated heterocycles. The largest absolute Gasteiger partial charge is 2.00 e. The molecule has 0 aromatic carbocycles. The van der Waals surface area contributed by atoms with Crippen LogP contribution in [0.2, 0.25) is 0 Å². The van der Waals surface area contributed by atoms with E-state index in [1.54, 1.807) is 0 Å². The number of hydrogen-bond donors (Lipinski definition) is 0. The van der Waals surface area contributed by atoms with Crippen molar-refractivity contribution < 1.29 is 36.9 Å². The maximum absolute atomic E-state index is 9.14. The third-order valence-corrected chi connectivity index (χ3v) is 0.333. The molecule has 0 fully saturated rings. The summed E-state index contributed by atoms with van der Waals surface area (Å²) in [6.07, 6.45) is 1.44. The molecule has 0 spiro atoms. The molecular weight excluding hydrogens is 191 g/mol. The predicted octanol–water partition coefficient (Wildman–Crippen LogP) is -2.16. The van der Waals surface area contributed by atoms with E-state index >= 15 is 0 Å². The Morgan fingerprint density at radius 3 is 1.09 bits per heavy atom. The third-order valence-electron chi connectivity index (χ3n) is 0.333. The van der Waals surface area contributed by atoms with Crippen molar-refractivity contribution in [2.24, 2.45) is 0 Å². The molecule has 0 aliphatic heterocycles. The Kier molecular flexibility index (Phi) is 17.5. The molecule has 11 heavy (non-hydrogen) atoms. The van der Waals surface area contributed by atoms with Crippen LogP contribution in [0.4, 0.5) is 0 Å². The van der Waals surface area contributed by atoms with Gasteiger partial charge in [0.1, 0.15) is 0 Å². The Morgan fingerprint density at radius 1 is 1.00 bits per heavy atom. The molecule has 0 aliphatic rings. The van der Waals surface area contributed by atoms with Crippen molar-refractivity contribution in [3.05, 3.63) is 25.3 Å². The summed E-state index contributed by atoms with van der Waals surface area (Å²) < 4.78 is 0. The van der Waals surface area contributed by atoms with Crippen LogP contribution in [0, 0.1) is 0 Å². The van der Waals surface area contributed by atoms with Gasteiger partial charge in [0.25, 0.3) is 0 Å². The van der Waals surface area contributed by atoms with E-state index in [0.717, 1.165) is 12.2 Å². The average Bonchev–Trinajstić information content (AvgIpc) is 1.89. The molecule has 5 heteroatoms. The van der Waals surface area contributed by atoms with Crippen LogP contribution in [0.25, 0.3) is 0 Å². The monoisotopic (exact) mass is 197 g/mol. The van der Waals surface area contributed by atoms with E-state index in [-0.39, 0.29) is 17.1 Å². The minimum absolute atomic E-state index is 0. The topological polar surface area (TPSA) is 80.3 Å². The van der Waals surface area contributed by atoms with Gasteiger partial charge in [0.05, 0.1) is 11.9 Å². The van der Waals surface area contributed by atoms with E-state index in [0.29, 0.717) is 0 Å². The summed E-state index contributed by atoms with van der Waals surface area (Å²) in [6, 6.07) is 0. The molecule has 0 rings (SSSR count). The van der Waals surface area contributed by atoms with Gasteiger partial charge in [-0.2, -0.15) is 0 Å². The number of carbonyl (C=O) groups excluding carboxylic acids is 2. The standard InChI is InChI=1S/2C3H4O2.Mn/c2*1-2-3(4)5;/h2*2H,1H2,(H,4,5);/q;;+2/p-2. The molecule has 1 radical (unpaired) electrons. The third kappa shape index (κ3) is 49.8. The molecule has 4 nitrogen and oxygen atoms in total. The molecule has 0 saturated carbocycles. The van der Waals surface area contributed by atoms with Crippen molar-refractivity contribution in [1.29, 1.82) is 0 Å². The van der Waals surface area contributed by atoms with Crippen molar-refractivity contribution in [2.75, 3.05) is 0 Å². The van der Waals surface area contributed by atoms with Gasteiger partial charge in [-0.3, -0.25) is 0 Å². The molecule has 0 aliphatic carbocycles. The van der Waals surface area contributed by atoms with Gasteiger partial charge >= 0.3 is 17.1 Å². The number of aliphatic carboxylic acids is 2. The quantitative estimate of drug-likeness (QED) is 0.373. The first-order chi connectivity index (χ1) is 4.54. The summed E-state index contributed by atoms with van der Waals surface area (Å²) in [5.41, 5.74) is 0. The zero-order valence-electron chi connectivity index (χ0n) is 5.58. The molecule has 0 unspecified atom stereocenters. The normalized spacial score (nSPS) is 5.82. The van der Waals surface area contributed by atoms with Crippen LogP contribution in [-0.4, -0.2) is 11.9 Å². The SMILES string of the molecule is C=CC(=O)[O-].C=CC(=O)[O-].[Mn+2]. The van der Waals surface area contributed by atoms with Gasteiger partial charge in [-0.1, -0.05) is 13.2 Å². The Balaban J connectivity index is -0.000000107. The maximum Gasteiger partial charge on any atom is 2.00 e. The number of carboxylic acid groups (broad SMARTS) is 2. The van der Waals surface area contributed by atoms with Crippen LogP contribution in [0.5, 0.6) is 0 Å². The summed E-state index contributed by atoms with van der Waals surface area (Å²) in [4.78, 5) is 18.3. The minimum atomic E-state index is -1.23. The first kappa shape index (κ1) is 16.5. The minimum Gasteiger partial charge on any atom is -0.545 e. The molecular formula is C6H6MnO4. The second-order valence-electron chi connectivity index (χ2n) is 1.05. The van der Waals surface area contributed by atoms with Gasteiger partial charge in [-0.25, -0.2) is 0 Å². The van der Waals surface area contributed by atoms with Gasteiger partial charge in [-0.15, -0.1) is 0 Å². The van der Waals surface area contributed by atoms with Gasteiger partial charge in [0, 0.05) is 0 Å². The Labute approximate surface area is 74.7 Å². The summed E-state index contributed by atoms with van der Waals surface area (Å²) >= 11 is 0. The van der Waals surface area contributed by atoms with Gasteiger partial charge in [0.15, 0.2) is 0 Å². The average molecular weight is 197 g/mol. The van der Waals surface area contributed by atoms with E-state index in [9.17, 15) is 0 Å². The van der Waals surface area contributed by atoms with Gasteiger partial charge in [0.2, 0.25) is 0 Å². The van der Waals surface area contributed by atoms with Crippen LogP contribution >= 0.6 is 0 Å². The van der Waals surface area contributed by atoms with E-state index in [4.69, 9.17) is 19.8 Å². The zero-order chi connectivity index (χ0) is 8.57. The molecule has 61 valence electrons. The zero-order valence-corrected chi connectivity index (χ0v) is 6.76. The molecule has 0 aromatic heterocycles.